The van der Waals surface area contributed by atoms with Crippen molar-refractivity contribution < 1.29 is 13.5 Å². The average molecular weight is 220 g/mol. The van der Waals surface area contributed by atoms with Gasteiger partial charge in [0.25, 0.3) is 10.2 Å². The summed E-state index contributed by atoms with van der Waals surface area (Å²) in [5.41, 5.74) is 0. The lowest BCUT2D eigenvalue weighted by Crippen LogP contribution is -2.47. The fraction of sp³-hybridized carbons (Fsp3) is 1.00. The van der Waals surface area contributed by atoms with Crippen LogP contribution < -0.4 is 9.86 Å². The molecule has 0 spiro atoms. The molecule has 6 heteroatoms. The molecule has 0 aromatic rings. The summed E-state index contributed by atoms with van der Waals surface area (Å²) in [6.07, 6.45) is 3.19. The lowest BCUT2D eigenvalue weighted by atomic mass is 9.86. The van der Waals surface area contributed by atoms with Gasteiger partial charge in [-0.25, -0.2) is 5.14 Å². The van der Waals surface area contributed by atoms with Gasteiger partial charge >= 0.3 is 0 Å². The van der Waals surface area contributed by atoms with E-state index < -0.39 is 10.2 Å². The van der Waals surface area contributed by atoms with E-state index in [-0.39, 0.29) is 18.6 Å². The van der Waals surface area contributed by atoms with Gasteiger partial charge in [-0.05, 0) is 31.1 Å². The third kappa shape index (κ3) is 1.79. The summed E-state index contributed by atoms with van der Waals surface area (Å²) in [4.78, 5) is 0. The number of nitrogens with two attached hydrogens (primary N) is 1. The summed E-state index contributed by atoms with van der Waals surface area (Å²) in [6, 6.07) is -0.145. The zero-order valence-corrected chi connectivity index (χ0v) is 8.70. The highest BCUT2D eigenvalue weighted by atomic mass is 32.2. The van der Waals surface area contributed by atoms with Gasteiger partial charge in [-0.2, -0.15) is 13.1 Å². The molecule has 0 aromatic heterocycles. The van der Waals surface area contributed by atoms with Crippen LogP contribution in [-0.2, 0) is 10.2 Å². The molecule has 0 saturated heterocycles. The van der Waals surface area contributed by atoms with Crippen molar-refractivity contribution in [3.63, 3.8) is 0 Å². The summed E-state index contributed by atoms with van der Waals surface area (Å²) < 4.78 is 24.3. The molecule has 82 valence electrons. The molecular weight excluding hydrogens is 204 g/mol. The molecular formula is C8H16N2O3S. The van der Waals surface area contributed by atoms with Gasteiger partial charge in [-0.3, -0.25) is 0 Å². The number of rotatable bonds is 3. The Morgan fingerprint density at radius 3 is 2.57 bits per heavy atom. The van der Waals surface area contributed by atoms with E-state index >= 15 is 0 Å². The van der Waals surface area contributed by atoms with Crippen LogP contribution in [0.3, 0.4) is 0 Å². The molecule has 0 heterocycles. The lowest BCUT2D eigenvalue weighted by molar-refractivity contribution is 0.153. The second-order valence-electron chi connectivity index (χ2n) is 4.37. The molecule has 5 nitrogen and oxygen atoms in total. The Balaban J connectivity index is 2.11. The molecule has 0 radical (unpaired) electrons. The molecule has 0 aromatic carbocycles. The Hall–Kier alpha value is -0.170. The van der Waals surface area contributed by atoms with E-state index in [0.717, 1.165) is 19.3 Å². The summed E-state index contributed by atoms with van der Waals surface area (Å²) in [6.45, 7) is 0.0500. The normalized spacial score (nSPS) is 41.9. The van der Waals surface area contributed by atoms with Crippen molar-refractivity contribution in [2.24, 2.45) is 22.9 Å². The monoisotopic (exact) mass is 220 g/mol. The predicted molar refractivity (Wildman–Crippen MR) is 51.4 cm³/mol. The van der Waals surface area contributed by atoms with Gasteiger partial charge in [-0.1, -0.05) is 0 Å². The van der Waals surface area contributed by atoms with Crippen molar-refractivity contribution in [3.05, 3.63) is 0 Å². The van der Waals surface area contributed by atoms with E-state index in [0.29, 0.717) is 11.8 Å². The molecule has 0 amide bonds. The van der Waals surface area contributed by atoms with Gasteiger partial charge in [0.15, 0.2) is 0 Å². The number of aliphatic hydroxyl groups is 1. The molecule has 4 atom stereocenters. The standard InChI is InChI=1S/C8H16N2O3S/c9-14(12,13)10-8-6-2-1-5(3-6)7(8)4-11/h5-8,10-11H,1-4H2,(H2,9,12,13). The first-order chi connectivity index (χ1) is 6.51. The lowest BCUT2D eigenvalue weighted by Gasteiger charge is -2.29. The first-order valence-electron chi connectivity index (χ1n) is 4.92. The molecule has 4 unspecified atom stereocenters. The number of hydrogen-bond acceptors (Lipinski definition) is 3. The van der Waals surface area contributed by atoms with E-state index in [1.165, 1.54) is 0 Å². The van der Waals surface area contributed by atoms with Crippen molar-refractivity contribution in [1.82, 2.24) is 4.72 Å². The first-order valence-corrected chi connectivity index (χ1v) is 6.47. The quantitative estimate of drug-likeness (QED) is 0.580. The first kappa shape index (κ1) is 10.4. The number of nitrogens with one attached hydrogen (secondary N) is 1. The highest BCUT2D eigenvalue weighted by Gasteiger charge is 2.48. The van der Waals surface area contributed by atoms with Gasteiger partial charge < -0.3 is 5.11 Å². The second-order valence-corrected chi connectivity index (χ2v) is 5.69. The molecule has 2 bridgehead atoms. The van der Waals surface area contributed by atoms with E-state index in [1.54, 1.807) is 0 Å². The molecule has 2 saturated carbocycles. The minimum atomic E-state index is -3.63. The van der Waals surface area contributed by atoms with Crippen LogP contribution in [0, 0.1) is 17.8 Å². The van der Waals surface area contributed by atoms with Crippen LogP contribution in [0.1, 0.15) is 19.3 Å². The van der Waals surface area contributed by atoms with Crippen LogP contribution in [0.25, 0.3) is 0 Å². The maximum absolute atomic E-state index is 10.9. The van der Waals surface area contributed by atoms with Crippen LogP contribution in [0.4, 0.5) is 0 Å². The Morgan fingerprint density at radius 2 is 2.00 bits per heavy atom. The maximum atomic E-state index is 10.9. The fourth-order valence-corrected chi connectivity index (χ4v) is 3.79. The predicted octanol–water partition coefficient (Wildman–Crippen LogP) is -0.813. The number of aliphatic hydroxyl groups excluding tert-OH is 1. The van der Waals surface area contributed by atoms with Crippen molar-refractivity contribution in [2.75, 3.05) is 6.61 Å². The van der Waals surface area contributed by atoms with E-state index in [1.807, 2.05) is 0 Å². The second kappa shape index (κ2) is 3.44. The summed E-state index contributed by atoms with van der Waals surface area (Å²) >= 11 is 0. The van der Waals surface area contributed by atoms with Gasteiger partial charge in [-0.15, -0.1) is 0 Å². The molecule has 2 aliphatic carbocycles. The average Bonchev–Trinajstić information content (AvgIpc) is 2.60. The van der Waals surface area contributed by atoms with Crippen LogP contribution in [0.5, 0.6) is 0 Å². The molecule has 4 N–H and O–H groups in total. The van der Waals surface area contributed by atoms with E-state index in [4.69, 9.17) is 5.14 Å². The number of hydrogen-bond donors (Lipinski definition) is 3. The Kier molecular flexibility index (Phi) is 2.55. The zero-order valence-electron chi connectivity index (χ0n) is 7.89. The van der Waals surface area contributed by atoms with Gasteiger partial charge in [0.2, 0.25) is 0 Å². The van der Waals surface area contributed by atoms with Crippen molar-refractivity contribution in [1.29, 1.82) is 0 Å². The zero-order chi connectivity index (χ0) is 10.3. The van der Waals surface area contributed by atoms with E-state index in [2.05, 4.69) is 4.72 Å². The molecule has 14 heavy (non-hydrogen) atoms. The van der Waals surface area contributed by atoms with E-state index in [9.17, 15) is 13.5 Å². The fourth-order valence-electron chi connectivity index (χ4n) is 3.05. The van der Waals surface area contributed by atoms with Gasteiger partial charge in [0, 0.05) is 18.6 Å². The van der Waals surface area contributed by atoms with Crippen molar-refractivity contribution >= 4 is 10.2 Å². The topological polar surface area (TPSA) is 92.4 Å². The van der Waals surface area contributed by atoms with Gasteiger partial charge in [0.05, 0.1) is 0 Å². The molecule has 2 aliphatic rings. The minimum Gasteiger partial charge on any atom is -0.396 e. The highest BCUT2D eigenvalue weighted by molar-refractivity contribution is 7.87. The summed E-state index contributed by atoms with van der Waals surface area (Å²) in [5.74, 6) is 0.909. The Bertz CT molecular complexity index is 317. The van der Waals surface area contributed by atoms with Crippen LogP contribution in [0.2, 0.25) is 0 Å². The Morgan fingerprint density at radius 1 is 1.36 bits per heavy atom. The molecule has 2 fully saturated rings. The maximum Gasteiger partial charge on any atom is 0.274 e. The van der Waals surface area contributed by atoms with Crippen molar-refractivity contribution in [3.8, 4) is 0 Å². The molecule has 2 rings (SSSR count). The Labute approximate surface area is 83.9 Å². The van der Waals surface area contributed by atoms with Gasteiger partial charge in [0.1, 0.15) is 0 Å². The van der Waals surface area contributed by atoms with Crippen LogP contribution in [0.15, 0.2) is 0 Å². The smallest absolute Gasteiger partial charge is 0.274 e. The SMILES string of the molecule is NS(=O)(=O)NC1C2CCC(C2)C1CO. The molecule has 0 aliphatic heterocycles. The minimum absolute atomic E-state index is 0.0500. The number of fused-ring (bicyclic) bond motifs is 2. The summed E-state index contributed by atoms with van der Waals surface area (Å²) in [5, 5.41) is 14.1. The largest absolute Gasteiger partial charge is 0.396 e. The van der Waals surface area contributed by atoms with Crippen LogP contribution >= 0.6 is 0 Å². The summed E-state index contributed by atoms with van der Waals surface area (Å²) in [7, 11) is -3.63. The highest BCUT2D eigenvalue weighted by Crippen LogP contribution is 2.48. The third-order valence-electron chi connectivity index (χ3n) is 3.60. The third-order valence-corrected chi connectivity index (χ3v) is 4.20. The van der Waals surface area contributed by atoms with Crippen LogP contribution in [-0.4, -0.2) is 26.2 Å². The van der Waals surface area contributed by atoms with Crippen molar-refractivity contribution in [2.45, 2.75) is 25.3 Å².